The molecular formula is C16H12FN5O. The van der Waals surface area contributed by atoms with Crippen molar-refractivity contribution in [3.8, 4) is 11.5 Å². The van der Waals surface area contributed by atoms with Crippen molar-refractivity contribution in [2.75, 3.05) is 5.73 Å². The number of aromatic nitrogens is 4. The lowest BCUT2D eigenvalue weighted by atomic mass is 10.2. The molecule has 2 N–H and O–H groups in total. The summed E-state index contributed by atoms with van der Waals surface area (Å²) < 4.78 is 20.6. The van der Waals surface area contributed by atoms with E-state index in [1.54, 1.807) is 18.2 Å². The van der Waals surface area contributed by atoms with E-state index in [0.717, 1.165) is 11.0 Å². The van der Waals surface area contributed by atoms with Crippen LogP contribution in [0.5, 0.6) is 0 Å². The van der Waals surface area contributed by atoms with Crippen LogP contribution in [-0.4, -0.2) is 19.9 Å². The van der Waals surface area contributed by atoms with Crippen molar-refractivity contribution in [1.82, 2.24) is 19.9 Å². The predicted octanol–water partition coefficient (Wildman–Crippen LogP) is 2.86. The van der Waals surface area contributed by atoms with Crippen LogP contribution in [0.4, 0.5) is 10.2 Å². The van der Waals surface area contributed by atoms with Crippen LogP contribution in [0.2, 0.25) is 0 Å². The lowest BCUT2D eigenvalue weighted by Gasteiger charge is -2.09. The summed E-state index contributed by atoms with van der Waals surface area (Å²) in [4.78, 5) is 4.54. The first-order valence-corrected chi connectivity index (χ1v) is 7.01. The highest BCUT2D eigenvalue weighted by Crippen LogP contribution is 2.27. The highest BCUT2D eigenvalue weighted by Gasteiger charge is 2.19. The van der Waals surface area contributed by atoms with Gasteiger partial charge in [-0.1, -0.05) is 30.3 Å². The smallest absolute Gasteiger partial charge is 0.199 e. The third kappa shape index (κ3) is 2.22. The molecular weight excluding hydrogens is 297 g/mol. The SMILES string of the molecule is Nc1nonc1-c1nc2ccccc2n1Cc1ccccc1F. The van der Waals surface area contributed by atoms with Crippen LogP contribution < -0.4 is 5.73 Å². The largest absolute Gasteiger partial charge is 0.379 e. The summed E-state index contributed by atoms with van der Waals surface area (Å²) in [6.45, 7) is 0.300. The Morgan fingerprint density at radius 3 is 2.61 bits per heavy atom. The van der Waals surface area contributed by atoms with Crippen LogP contribution in [0, 0.1) is 5.82 Å². The minimum atomic E-state index is -0.275. The van der Waals surface area contributed by atoms with Crippen molar-refractivity contribution in [2.45, 2.75) is 6.54 Å². The Bertz CT molecular complexity index is 991. The second kappa shape index (κ2) is 5.20. The maximum absolute atomic E-state index is 14.0. The standard InChI is InChI=1S/C16H12FN5O/c17-11-6-2-1-5-10(11)9-22-13-8-4-3-7-12(13)19-16(22)14-15(18)21-23-20-14/h1-8H,9H2,(H2,18,21). The monoisotopic (exact) mass is 309 g/mol. The molecule has 7 heteroatoms. The van der Waals surface area contributed by atoms with Crippen molar-refractivity contribution in [3.63, 3.8) is 0 Å². The number of fused-ring (bicyclic) bond motifs is 1. The minimum absolute atomic E-state index is 0.148. The maximum Gasteiger partial charge on any atom is 0.199 e. The first-order valence-electron chi connectivity index (χ1n) is 7.01. The summed E-state index contributed by atoms with van der Waals surface area (Å²) in [5.74, 6) is 0.366. The molecule has 6 nitrogen and oxygen atoms in total. The maximum atomic E-state index is 14.0. The van der Waals surface area contributed by atoms with E-state index in [2.05, 4.69) is 19.9 Å². The Morgan fingerprint density at radius 2 is 1.83 bits per heavy atom. The molecule has 2 aromatic carbocycles. The molecule has 2 aromatic heterocycles. The van der Waals surface area contributed by atoms with Gasteiger partial charge < -0.3 is 10.3 Å². The average molecular weight is 309 g/mol. The van der Waals surface area contributed by atoms with E-state index in [4.69, 9.17) is 5.73 Å². The first kappa shape index (κ1) is 13.4. The van der Waals surface area contributed by atoms with Crippen LogP contribution in [0.1, 0.15) is 5.56 Å². The number of nitrogens with zero attached hydrogens (tertiary/aromatic N) is 4. The van der Waals surface area contributed by atoms with E-state index in [1.807, 2.05) is 28.8 Å². The van der Waals surface area contributed by atoms with Gasteiger partial charge in [0, 0.05) is 5.56 Å². The van der Waals surface area contributed by atoms with E-state index >= 15 is 0 Å². The van der Waals surface area contributed by atoms with Gasteiger partial charge in [-0.25, -0.2) is 14.0 Å². The minimum Gasteiger partial charge on any atom is -0.379 e. The second-order valence-electron chi connectivity index (χ2n) is 5.10. The van der Waals surface area contributed by atoms with E-state index in [0.29, 0.717) is 23.6 Å². The number of nitrogen functional groups attached to an aromatic ring is 1. The van der Waals surface area contributed by atoms with Crippen molar-refractivity contribution in [3.05, 3.63) is 59.9 Å². The van der Waals surface area contributed by atoms with Crippen LogP contribution in [-0.2, 0) is 6.54 Å². The molecule has 0 unspecified atom stereocenters. The number of para-hydroxylation sites is 2. The number of hydrogen-bond donors (Lipinski definition) is 1. The Kier molecular flexibility index (Phi) is 3.04. The molecule has 0 saturated carbocycles. The molecule has 0 atom stereocenters. The molecule has 0 saturated heterocycles. The van der Waals surface area contributed by atoms with Gasteiger partial charge in [-0.3, -0.25) is 0 Å². The van der Waals surface area contributed by atoms with E-state index < -0.39 is 0 Å². The van der Waals surface area contributed by atoms with Gasteiger partial charge in [0.05, 0.1) is 17.6 Å². The lowest BCUT2D eigenvalue weighted by Crippen LogP contribution is -2.05. The summed E-state index contributed by atoms with van der Waals surface area (Å²) in [5, 5.41) is 7.41. The molecule has 0 fully saturated rings. The lowest BCUT2D eigenvalue weighted by molar-refractivity contribution is 0.310. The van der Waals surface area contributed by atoms with Gasteiger partial charge in [0.15, 0.2) is 17.3 Å². The zero-order chi connectivity index (χ0) is 15.8. The van der Waals surface area contributed by atoms with E-state index in [1.165, 1.54) is 6.07 Å². The Hall–Kier alpha value is -3.22. The van der Waals surface area contributed by atoms with Gasteiger partial charge in [0.2, 0.25) is 0 Å². The van der Waals surface area contributed by atoms with Gasteiger partial charge in [-0.15, -0.1) is 0 Å². The number of halogens is 1. The predicted molar refractivity (Wildman–Crippen MR) is 82.9 cm³/mol. The molecule has 0 aliphatic heterocycles. The molecule has 0 aliphatic carbocycles. The second-order valence-corrected chi connectivity index (χ2v) is 5.10. The summed E-state index contributed by atoms with van der Waals surface area (Å²) in [6.07, 6.45) is 0. The molecule has 4 aromatic rings. The fraction of sp³-hybridized carbons (Fsp3) is 0.0625. The van der Waals surface area contributed by atoms with Crippen LogP contribution in [0.15, 0.2) is 53.2 Å². The topological polar surface area (TPSA) is 82.8 Å². The fourth-order valence-electron chi connectivity index (χ4n) is 2.56. The Labute approximate surface area is 130 Å². The van der Waals surface area contributed by atoms with Gasteiger partial charge in [0.25, 0.3) is 0 Å². The zero-order valence-corrected chi connectivity index (χ0v) is 12.0. The van der Waals surface area contributed by atoms with Crippen molar-refractivity contribution >= 4 is 16.9 Å². The quantitative estimate of drug-likeness (QED) is 0.629. The molecule has 0 bridgehead atoms. The van der Waals surface area contributed by atoms with Gasteiger partial charge in [-0.2, -0.15) is 0 Å². The summed E-state index contributed by atoms with van der Waals surface area (Å²) in [6, 6.07) is 14.2. The third-order valence-corrected chi connectivity index (χ3v) is 3.67. The molecule has 23 heavy (non-hydrogen) atoms. The van der Waals surface area contributed by atoms with Gasteiger partial charge >= 0.3 is 0 Å². The van der Waals surface area contributed by atoms with Gasteiger partial charge in [0.1, 0.15) is 5.82 Å². The summed E-state index contributed by atoms with van der Waals surface area (Å²) >= 11 is 0. The number of imidazole rings is 1. The van der Waals surface area contributed by atoms with Crippen LogP contribution in [0.25, 0.3) is 22.6 Å². The Morgan fingerprint density at radius 1 is 1.04 bits per heavy atom. The number of anilines is 1. The normalized spacial score (nSPS) is 11.2. The van der Waals surface area contributed by atoms with E-state index in [-0.39, 0.29) is 11.6 Å². The number of rotatable bonds is 3. The highest BCUT2D eigenvalue weighted by molar-refractivity contribution is 5.81. The van der Waals surface area contributed by atoms with Crippen molar-refractivity contribution < 1.29 is 9.02 Å². The van der Waals surface area contributed by atoms with Crippen molar-refractivity contribution in [1.29, 1.82) is 0 Å². The zero-order valence-electron chi connectivity index (χ0n) is 12.0. The molecule has 2 heterocycles. The van der Waals surface area contributed by atoms with Crippen LogP contribution >= 0.6 is 0 Å². The molecule has 114 valence electrons. The fourth-order valence-corrected chi connectivity index (χ4v) is 2.56. The molecule has 0 radical (unpaired) electrons. The number of benzene rings is 2. The third-order valence-electron chi connectivity index (χ3n) is 3.67. The molecule has 0 spiro atoms. The molecule has 4 rings (SSSR count). The number of nitrogens with two attached hydrogens (primary N) is 1. The van der Waals surface area contributed by atoms with Crippen LogP contribution in [0.3, 0.4) is 0 Å². The van der Waals surface area contributed by atoms with Gasteiger partial charge in [-0.05, 0) is 28.5 Å². The highest BCUT2D eigenvalue weighted by atomic mass is 19.1. The average Bonchev–Trinajstić information content (AvgIpc) is 3.13. The number of hydrogen-bond acceptors (Lipinski definition) is 5. The summed E-state index contributed by atoms with van der Waals surface area (Å²) in [7, 11) is 0. The molecule has 0 amide bonds. The first-order chi connectivity index (χ1) is 11.2. The molecule has 0 aliphatic rings. The Balaban J connectivity index is 1.93. The van der Waals surface area contributed by atoms with E-state index in [9.17, 15) is 4.39 Å². The van der Waals surface area contributed by atoms with Crippen molar-refractivity contribution in [2.24, 2.45) is 0 Å². The summed E-state index contributed by atoms with van der Waals surface area (Å²) in [5.41, 5.74) is 8.30.